The van der Waals surface area contributed by atoms with Crippen molar-refractivity contribution in [3.8, 4) is 0 Å². The van der Waals surface area contributed by atoms with Gasteiger partial charge in [-0.3, -0.25) is 9.59 Å². The van der Waals surface area contributed by atoms with Gasteiger partial charge in [-0.2, -0.15) is 0 Å². The Morgan fingerprint density at radius 2 is 1.62 bits per heavy atom. The fourth-order valence-electron chi connectivity index (χ4n) is 4.51. The van der Waals surface area contributed by atoms with Crippen molar-refractivity contribution in [2.24, 2.45) is 10.8 Å². The molecule has 1 saturated heterocycles. The number of nitrogens with zero attached hydrogens (tertiary/aromatic N) is 1. The number of ether oxygens (including phenoxy) is 4. The van der Waals surface area contributed by atoms with Crippen LogP contribution in [0.4, 0.5) is 0 Å². The van der Waals surface area contributed by atoms with Gasteiger partial charge in [0.25, 0.3) is 0 Å². The standard InChI is InChI=1S/C28H41NO6.2C2H6/c1-8-16-32-21(2)35-25(31)28(6,19-26(3,4)29-7)20-27(5,24(30)34-18-23-17-33-23)15-14-22-12-10-9-11-13-22;2*1-2/h9-13,21,23H,8,14-20H2,1-6H3;2*1-2H3. The summed E-state index contributed by atoms with van der Waals surface area (Å²) >= 11 is 0. The lowest BCUT2D eigenvalue weighted by Gasteiger charge is -2.38. The summed E-state index contributed by atoms with van der Waals surface area (Å²) in [5, 5.41) is 0. The van der Waals surface area contributed by atoms with Gasteiger partial charge in [0.15, 0.2) is 6.29 Å². The van der Waals surface area contributed by atoms with Crippen molar-refractivity contribution in [1.29, 1.82) is 0 Å². The van der Waals surface area contributed by atoms with Crippen LogP contribution in [0.3, 0.4) is 0 Å². The number of hydrogen-bond donors (Lipinski definition) is 0. The second kappa shape index (κ2) is 18.0. The molecule has 4 atom stereocenters. The van der Waals surface area contributed by atoms with E-state index in [0.29, 0.717) is 26.1 Å². The summed E-state index contributed by atoms with van der Waals surface area (Å²) in [6.45, 7) is 27.8. The van der Waals surface area contributed by atoms with Gasteiger partial charge in [0.05, 0.1) is 24.0 Å². The van der Waals surface area contributed by atoms with Crippen LogP contribution in [0, 0.1) is 17.4 Å². The zero-order chi connectivity index (χ0) is 30.1. The quantitative estimate of drug-likeness (QED) is 0.0984. The average molecular weight is 548 g/mol. The summed E-state index contributed by atoms with van der Waals surface area (Å²) in [7, 11) is 0. The zero-order valence-electron chi connectivity index (χ0n) is 26.1. The minimum Gasteiger partial charge on any atom is -0.462 e. The molecule has 0 saturated carbocycles. The molecule has 1 heterocycles. The first-order chi connectivity index (χ1) is 18.4. The minimum atomic E-state index is -1.10. The van der Waals surface area contributed by atoms with Crippen LogP contribution in [0.1, 0.15) is 100 Å². The second-order valence-corrected chi connectivity index (χ2v) is 10.8. The van der Waals surface area contributed by atoms with Crippen molar-refractivity contribution in [2.45, 2.75) is 119 Å². The fraction of sp³-hybridized carbons (Fsp3) is 0.719. The number of hydrogen-bond acceptors (Lipinski definition) is 6. The van der Waals surface area contributed by atoms with Crippen LogP contribution in [-0.2, 0) is 35.0 Å². The van der Waals surface area contributed by atoms with Crippen LogP contribution < -0.4 is 0 Å². The smallest absolute Gasteiger partial charge is 0.314 e. The summed E-state index contributed by atoms with van der Waals surface area (Å²) in [5.74, 6) is -0.832. The van der Waals surface area contributed by atoms with Crippen molar-refractivity contribution in [3.63, 3.8) is 0 Å². The molecule has 1 aromatic rings. The van der Waals surface area contributed by atoms with Crippen LogP contribution >= 0.6 is 0 Å². The van der Waals surface area contributed by atoms with Gasteiger partial charge >= 0.3 is 11.9 Å². The summed E-state index contributed by atoms with van der Waals surface area (Å²) in [5.41, 5.74) is -1.78. The molecule has 0 bridgehead atoms. The van der Waals surface area contributed by atoms with E-state index in [1.54, 1.807) is 27.7 Å². The van der Waals surface area contributed by atoms with Crippen molar-refractivity contribution in [1.82, 2.24) is 0 Å². The molecule has 222 valence electrons. The molecule has 1 aliphatic heterocycles. The Bertz CT molecular complexity index is 876. The third-order valence-corrected chi connectivity index (χ3v) is 6.33. The molecule has 2 rings (SSSR count). The highest BCUT2D eigenvalue weighted by atomic mass is 16.7. The van der Waals surface area contributed by atoms with E-state index in [1.165, 1.54) is 0 Å². The van der Waals surface area contributed by atoms with Gasteiger partial charge in [-0.25, -0.2) is 6.57 Å². The molecule has 7 nitrogen and oxygen atoms in total. The largest absolute Gasteiger partial charge is 0.462 e. The van der Waals surface area contributed by atoms with Crippen molar-refractivity contribution >= 4 is 11.9 Å². The Morgan fingerprint density at radius 1 is 1.03 bits per heavy atom. The molecule has 0 radical (unpaired) electrons. The first kappa shape index (κ1) is 36.6. The predicted molar refractivity (Wildman–Crippen MR) is 156 cm³/mol. The van der Waals surface area contributed by atoms with E-state index < -0.39 is 28.6 Å². The predicted octanol–water partition coefficient (Wildman–Crippen LogP) is 7.42. The first-order valence-corrected chi connectivity index (χ1v) is 14.5. The Labute approximate surface area is 237 Å². The molecule has 4 unspecified atom stereocenters. The lowest BCUT2D eigenvalue weighted by molar-refractivity contribution is -0.189. The van der Waals surface area contributed by atoms with Gasteiger partial charge in [-0.05, 0) is 52.0 Å². The molecule has 0 amide bonds. The highest BCUT2D eigenvalue weighted by molar-refractivity contribution is 5.81. The first-order valence-electron chi connectivity index (χ1n) is 14.5. The van der Waals surface area contributed by atoms with Crippen LogP contribution in [0.2, 0.25) is 0 Å². The Kier molecular flexibility index (Phi) is 16.9. The summed E-state index contributed by atoms with van der Waals surface area (Å²) < 4.78 is 22.1. The number of carbonyl (C=O) groups excluding carboxylic acids is 2. The number of rotatable bonds is 15. The van der Waals surface area contributed by atoms with Gasteiger partial charge in [0.2, 0.25) is 5.54 Å². The molecule has 0 N–H and O–H groups in total. The molecular formula is C32H53NO6. The van der Waals surface area contributed by atoms with E-state index in [2.05, 4.69) is 4.85 Å². The van der Waals surface area contributed by atoms with Gasteiger partial charge in [0, 0.05) is 20.3 Å². The maximum Gasteiger partial charge on any atom is 0.314 e. The number of carbonyl (C=O) groups is 2. The van der Waals surface area contributed by atoms with E-state index in [1.807, 2.05) is 71.9 Å². The van der Waals surface area contributed by atoms with Gasteiger partial charge < -0.3 is 23.8 Å². The van der Waals surface area contributed by atoms with Crippen LogP contribution in [0.5, 0.6) is 0 Å². The molecule has 0 spiro atoms. The van der Waals surface area contributed by atoms with E-state index in [9.17, 15) is 9.59 Å². The zero-order valence-corrected chi connectivity index (χ0v) is 26.1. The highest BCUT2D eigenvalue weighted by Crippen LogP contribution is 2.45. The maximum atomic E-state index is 13.5. The molecular weight excluding hydrogens is 494 g/mol. The number of aryl methyl sites for hydroxylation is 1. The lowest BCUT2D eigenvalue weighted by Crippen LogP contribution is -2.44. The Balaban J connectivity index is 0.00000344. The monoisotopic (exact) mass is 547 g/mol. The van der Waals surface area contributed by atoms with Crippen LogP contribution in [0.15, 0.2) is 30.3 Å². The summed E-state index contributed by atoms with van der Waals surface area (Å²) in [4.78, 5) is 30.6. The highest BCUT2D eigenvalue weighted by Gasteiger charge is 2.50. The lowest BCUT2D eigenvalue weighted by atomic mass is 9.66. The van der Waals surface area contributed by atoms with Gasteiger partial charge in [-0.1, -0.05) is 65.0 Å². The summed E-state index contributed by atoms with van der Waals surface area (Å²) in [6, 6.07) is 9.92. The van der Waals surface area contributed by atoms with Gasteiger partial charge in [-0.15, -0.1) is 0 Å². The van der Waals surface area contributed by atoms with Crippen molar-refractivity contribution < 1.29 is 28.5 Å². The summed E-state index contributed by atoms with van der Waals surface area (Å²) in [6.07, 6.45) is 1.61. The third kappa shape index (κ3) is 13.5. The number of esters is 2. The molecule has 7 heteroatoms. The molecule has 1 fully saturated rings. The second-order valence-electron chi connectivity index (χ2n) is 10.8. The van der Waals surface area contributed by atoms with Gasteiger partial charge in [0.1, 0.15) is 12.7 Å². The normalized spacial score (nSPS) is 17.8. The molecule has 0 aliphatic carbocycles. The third-order valence-electron chi connectivity index (χ3n) is 6.33. The number of epoxide rings is 1. The van der Waals surface area contributed by atoms with Crippen molar-refractivity contribution in [2.75, 3.05) is 19.8 Å². The Morgan fingerprint density at radius 3 is 2.13 bits per heavy atom. The maximum absolute atomic E-state index is 13.5. The van der Waals surface area contributed by atoms with E-state index >= 15 is 0 Å². The average Bonchev–Trinajstić information content (AvgIpc) is 3.76. The molecule has 1 aliphatic rings. The van der Waals surface area contributed by atoms with Crippen LogP contribution in [-0.4, -0.2) is 49.7 Å². The van der Waals surface area contributed by atoms with Crippen molar-refractivity contribution in [3.05, 3.63) is 47.3 Å². The SMILES string of the molecule is CC.CC.[C-]#[N+]C(C)(C)CC(C)(CC(C)(CCc1ccccc1)C(=O)OCC1CO1)C(=O)OC(C)OCCC. The minimum absolute atomic E-state index is 0.0497. The number of benzene rings is 1. The molecule has 39 heavy (non-hydrogen) atoms. The molecule has 1 aromatic carbocycles. The van der Waals surface area contributed by atoms with E-state index in [0.717, 1.165) is 12.0 Å². The fourth-order valence-corrected chi connectivity index (χ4v) is 4.51. The van der Waals surface area contributed by atoms with E-state index in [4.69, 9.17) is 25.5 Å². The Hall–Kier alpha value is -2.43. The topological polar surface area (TPSA) is 78.7 Å². The van der Waals surface area contributed by atoms with E-state index in [-0.39, 0.29) is 31.5 Å². The molecule has 0 aromatic heterocycles. The van der Waals surface area contributed by atoms with Crippen LogP contribution in [0.25, 0.3) is 4.85 Å².